The molecule has 0 aromatic heterocycles. The van der Waals surface area contributed by atoms with Crippen molar-refractivity contribution < 1.29 is 19.0 Å². The molecule has 0 saturated carbocycles. The van der Waals surface area contributed by atoms with Crippen LogP contribution in [0, 0.1) is 5.82 Å². The van der Waals surface area contributed by atoms with Crippen molar-refractivity contribution >= 4 is 29.2 Å². The number of aromatic carboxylic acids is 1. The van der Waals surface area contributed by atoms with E-state index in [0.717, 1.165) is 12.1 Å². The number of carboxylic acid groups (broad SMARTS) is 1. The van der Waals surface area contributed by atoms with Gasteiger partial charge in [0.25, 0.3) is 0 Å². The molecule has 0 saturated heterocycles. The number of hydrogen-bond donors (Lipinski definition) is 1. The molecule has 104 valence electrons. The summed E-state index contributed by atoms with van der Waals surface area (Å²) in [7, 11) is 0. The molecule has 0 amide bonds. The number of halogens is 3. The van der Waals surface area contributed by atoms with E-state index in [-0.39, 0.29) is 17.9 Å². The molecule has 0 aliphatic carbocycles. The predicted molar refractivity (Wildman–Crippen MR) is 74.2 cm³/mol. The highest BCUT2D eigenvalue weighted by Gasteiger charge is 2.09. The molecular formula is C14H9Cl2FO3. The van der Waals surface area contributed by atoms with Crippen LogP contribution in [0.25, 0.3) is 0 Å². The van der Waals surface area contributed by atoms with Crippen LogP contribution in [-0.2, 0) is 6.61 Å². The summed E-state index contributed by atoms with van der Waals surface area (Å²) in [5.41, 5.74) is 0.486. The molecule has 2 rings (SSSR count). The minimum Gasteiger partial charge on any atom is -0.489 e. The van der Waals surface area contributed by atoms with E-state index in [0.29, 0.717) is 15.6 Å². The molecule has 0 bridgehead atoms. The van der Waals surface area contributed by atoms with Gasteiger partial charge in [0, 0.05) is 21.7 Å². The van der Waals surface area contributed by atoms with Gasteiger partial charge in [-0.05, 0) is 24.3 Å². The van der Waals surface area contributed by atoms with E-state index in [1.807, 2.05) is 0 Å². The highest BCUT2D eigenvalue weighted by molar-refractivity contribution is 6.35. The molecule has 0 spiro atoms. The Kier molecular flexibility index (Phi) is 4.47. The van der Waals surface area contributed by atoms with E-state index in [4.69, 9.17) is 33.0 Å². The van der Waals surface area contributed by atoms with Crippen LogP contribution in [0.4, 0.5) is 4.39 Å². The highest BCUT2D eigenvalue weighted by Crippen LogP contribution is 2.23. The number of ether oxygens (including phenoxy) is 1. The first-order valence-corrected chi connectivity index (χ1v) is 6.32. The topological polar surface area (TPSA) is 46.5 Å². The van der Waals surface area contributed by atoms with Gasteiger partial charge in [-0.3, -0.25) is 0 Å². The number of carbonyl (C=O) groups is 1. The molecule has 0 heterocycles. The molecule has 0 unspecified atom stereocenters. The van der Waals surface area contributed by atoms with E-state index < -0.39 is 11.8 Å². The largest absolute Gasteiger partial charge is 0.489 e. The van der Waals surface area contributed by atoms with Gasteiger partial charge in [-0.15, -0.1) is 0 Å². The molecule has 6 heteroatoms. The predicted octanol–water partition coefficient (Wildman–Crippen LogP) is 4.41. The van der Waals surface area contributed by atoms with E-state index >= 15 is 0 Å². The number of hydrogen-bond acceptors (Lipinski definition) is 2. The lowest BCUT2D eigenvalue weighted by Gasteiger charge is -2.09. The Labute approximate surface area is 124 Å². The zero-order valence-electron chi connectivity index (χ0n) is 10.1. The zero-order valence-corrected chi connectivity index (χ0v) is 11.6. The van der Waals surface area contributed by atoms with Crippen LogP contribution in [0.1, 0.15) is 15.9 Å². The van der Waals surface area contributed by atoms with Crippen LogP contribution >= 0.6 is 23.2 Å². The van der Waals surface area contributed by atoms with Crippen LogP contribution in [0.15, 0.2) is 36.4 Å². The van der Waals surface area contributed by atoms with Crippen molar-refractivity contribution in [3.63, 3.8) is 0 Å². The fourth-order valence-electron chi connectivity index (χ4n) is 1.57. The second-order valence-corrected chi connectivity index (χ2v) is 4.85. The van der Waals surface area contributed by atoms with Gasteiger partial charge in [0.1, 0.15) is 18.2 Å². The zero-order chi connectivity index (χ0) is 14.7. The molecule has 0 aliphatic rings. The Bertz CT molecular complexity index is 659. The molecule has 1 N–H and O–H groups in total. The van der Waals surface area contributed by atoms with Crippen molar-refractivity contribution in [2.24, 2.45) is 0 Å². The average Bonchev–Trinajstić information content (AvgIpc) is 2.37. The van der Waals surface area contributed by atoms with E-state index in [1.54, 1.807) is 18.2 Å². The normalized spacial score (nSPS) is 10.3. The smallest absolute Gasteiger partial charge is 0.335 e. The second kappa shape index (κ2) is 6.11. The van der Waals surface area contributed by atoms with Crippen molar-refractivity contribution in [3.8, 4) is 5.75 Å². The Morgan fingerprint density at radius 3 is 2.60 bits per heavy atom. The van der Waals surface area contributed by atoms with Crippen LogP contribution in [0.2, 0.25) is 10.0 Å². The van der Waals surface area contributed by atoms with Gasteiger partial charge in [0.05, 0.1) is 5.56 Å². The standard InChI is InChI=1S/C14H9Cl2FO3/c15-10-2-1-8(13(16)5-10)7-20-12-4-9(14(18)19)3-11(17)6-12/h1-6H,7H2,(H,18,19). The van der Waals surface area contributed by atoms with Crippen molar-refractivity contribution in [1.82, 2.24) is 0 Å². The molecule has 0 fully saturated rings. The van der Waals surface area contributed by atoms with Crippen molar-refractivity contribution in [1.29, 1.82) is 0 Å². The first-order valence-electron chi connectivity index (χ1n) is 5.56. The summed E-state index contributed by atoms with van der Waals surface area (Å²) < 4.78 is 18.6. The minimum absolute atomic E-state index is 0.0819. The first-order chi connectivity index (χ1) is 9.45. The second-order valence-electron chi connectivity index (χ2n) is 4.01. The van der Waals surface area contributed by atoms with Gasteiger partial charge in [-0.1, -0.05) is 29.3 Å². The molecule has 2 aromatic carbocycles. The lowest BCUT2D eigenvalue weighted by molar-refractivity contribution is 0.0695. The Hall–Kier alpha value is -1.78. The molecule has 0 aliphatic heterocycles. The lowest BCUT2D eigenvalue weighted by Crippen LogP contribution is -2.01. The van der Waals surface area contributed by atoms with Gasteiger partial charge >= 0.3 is 5.97 Å². The van der Waals surface area contributed by atoms with Gasteiger partial charge in [0.15, 0.2) is 0 Å². The number of carboxylic acids is 1. The monoisotopic (exact) mass is 314 g/mol. The molecule has 20 heavy (non-hydrogen) atoms. The lowest BCUT2D eigenvalue weighted by atomic mass is 10.2. The summed E-state index contributed by atoms with van der Waals surface area (Å²) in [6.07, 6.45) is 0. The maximum atomic E-state index is 13.3. The summed E-state index contributed by atoms with van der Waals surface area (Å²) in [5.74, 6) is -1.78. The van der Waals surface area contributed by atoms with Crippen LogP contribution < -0.4 is 4.74 Å². The van der Waals surface area contributed by atoms with Crippen LogP contribution in [0.3, 0.4) is 0 Å². The first kappa shape index (κ1) is 14.6. The van der Waals surface area contributed by atoms with Gasteiger partial charge in [0.2, 0.25) is 0 Å². The maximum absolute atomic E-state index is 13.3. The van der Waals surface area contributed by atoms with Crippen LogP contribution in [0.5, 0.6) is 5.75 Å². The third-order valence-electron chi connectivity index (χ3n) is 2.53. The summed E-state index contributed by atoms with van der Waals surface area (Å²) in [5, 5.41) is 9.76. The van der Waals surface area contributed by atoms with E-state index in [1.165, 1.54) is 6.07 Å². The average molecular weight is 315 g/mol. The Balaban J connectivity index is 2.16. The third-order valence-corrected chi connectivity index (χ3v) is 3.11. The van der Waals surface area contributed by atoms with E-state index in [2.05, 4.69) is 0 Å². The van der Waals surface area contributed by atoms with Gasteiger partial charge in [-0.2, -0.15) is 0 Å². The van der Waals surface area contributed by atoms with Crippen molar-refractivity contribution in [2.75, 3.05) is 0 Å². The summed E-state index contributed by atoms with van der Waals surface area (Å²) >= 11 is 11.7. The maximum Gasteiger partial charge on any atom is 0.335 e. The third kappa shape index (κ3) is 3.62. The quantitative estimate of drug-likeness (QED) is 0.909. The highest BCUT2D eigenvalue weighted by atomic mass is 35.5. The molecule has 0 radical (unpaired) electrons. The minimum atomic E-state index is -1.22. The van der Waals surface area contributed by atoms with Gasteiger partial charge < -0.3 is 9.84 Å². The van der Waals surface area contributed by atoms with Gasteiger partial charge in [-0.25, -0.2) is 9.18 Å². The molecule has 2 aromatic rings. The molecule has 3 nitrogen and oxygen atoms in total. The summed E-state index contributed by atoms with van der Waals surface area (Å²) in [6, 6.07) is 8.18. The Morgan fingerprint density at radius 1 is 1.20 bits per heavy atom. The molecule has 0 atom stereocenters. The fourth-order valence-corrected chi connectivity index (χ4v) is 2.03. The van der Waals surface area contributed by atoms with Crippen LogP contribution in [-0.4, -0.2) is 11.1 Å². The number of rotatable bonds is 4. The summed E-state index contributed by atoms with van der Waals surface area (Å²) in [6.45, 7) is 0.0819. The van der Waals surface area contributed by atoms with E-state index in [9.17, 15) is 9.18 Å². The summed E-state index contributed by atoms with van der Waals surface area (Å²) in [4.78, 5) is 10.8. The van der Waals surface area contributed by atoms with Crippen molar-refractivity contribution in [2.45, 2.75) is 6.61 Å². The fraction of sp³-hybridized carbons (Fsp3) is 0.0714. The molecular weight excluding hydrogens is 306 g/mol. The SMILES string of the molecule is O=C(O)c1cc(F)cc(OCc2ccc(Cl)cc2Cl)c1. The number of benzene rings is 2. The van der Waals surface area contributed by atoms with Crippen molar-refractivity contribution in [3.05, 3.63) is 63.4 Å². The Morgan fingerprint density at radius 2 is 1.95 bits per heavy atom.